The molecular formula is C15H22N2O4S. The number of hydrogen-bond donors (Lipinski definition) is 2. The van der Waals surface area contributed by atoms with Crippen molar-refractivity contribution >= 4 is 27.1 Å². The minimum Gasteiger partial charge on any atom is -0.495 e. The van der Waals surface area contributed by atoms with E-state index in [1.54, 1.807) is 18.2 Å². The molecule has 0 bridgehead atoms. The lowest BCUT2D eigenvalue weighted by Gasteiger charge is -2.11. The number of anilines is 2. The van der Waals surface area contributed by atoms with Crippen molar-refractivity contribution < 1.29 is 17.9 Å². The van der Waals surface area contributed by atoms with Crippen molar-refractivity contribution in [3.63, 3.8) is 0 Å². The number of amides is 1. The van der Waals surface area contributed by atoms with Crippen molar-refractivity contribution in [3.05, 3.63) is 18.2 Å². The summed E-state index contributed by atoms with van der Waals surface area (Å²) in [7, 11) is -1.66. The van der Waals surface area contributed by atoms with Crippen molar-refractivity contribution in [1.82, 2.24) is 0 Å². The SMILES string of the molecule is COc1ccc(NC(=O)CCS(=O)(=O)C2CCCC2)cc1N. The third kappa shape index (κ3) is 4.13. The minimum absolute atomic E-state index is 0.0369. The number of nitrogens with two attached hydrogens (primary N) is 1. The molecule has 0 aromatic heterocycles. The van der Waals surface area contributed by atoms with Gasteiger partial charge in [0.2, 0.25) is 5.91 Å². The number of rotatable bonds is 6. The zero-order valence-electron chi connectivity index (χ0n) is 12.7. The third-order valence-electron chi connectivity index (χ3n) is 3.94. The minimum atomic E-state index is -3.17. The maximum atomic E-state index is 12.1. The van der Waals surface area contributed by atoms with Gasteiger partial charge in [0.15, 0.2) is 9.84 Å². The van der Waals surface area contributed by atoms with Gasteiger partial charge in [0, 0.05) is 12.1 Å². The fraction of sp³-hybridized carbons (Fsp3) is 0.533. The highest BCUT2D eigenvalue weighted by molar-refractivity contribution is 7.92. The van der Waals surface area contributed by atoms with Crippen LogP contribution in [0.15, 0.2) is 18.2 Å². The number of sulfone groups is 1. The van der Waals surface area contributed by atoms with E-state index in [1.165, 1.54) is 7.11 Å². The Kier molecular flexibility index (Phi) is 5.28. The van der Waals surface area contributed by atoms with E-state index < -0.39 is 9.84 Å². The summed E-state index contributed by atoms with van der Waals surface area (Å²) >= 11 is 0. The molecule has 122 valence electrons. The average Bonchev–Trinajstić information content (AvgIpc) is 3.00. The summed E-state index contributed by atoms with van der Waals surface area (Å²) in [5.74, 6) is 0.0998. The molecule has 3 N–H and O–H groups in total. The van der Waals surface area contributed by atoms with Crippen molar-refractivity contribution in [3.8, 4) is 5.75 Å². The maximum Gasteiger partial charge on any atom is 0.225 e. The number of hydrogen-bond acceptors (Lipinski definition) is 5. The molecule has 0 atom stereocenters. The Balaban J connectivity index is 1.89. The van der Waals surface area contributed by atoms with Crippen molar-refractivity contribution in [1.29, 1.82) is 0 Å². The molecule has 1 amide bonds. The highest BCUT2D eigenvalue weighted by atomic mass is 32.2. The van der Waals surface area contributed by atoms with Crippen LogP contribution in [0.2, 0.25) is 0 Å². The number of carbonyl (C=O) groups is 1. The van der Waals surface area contributed by atoms with Gasteiger partial charge in [-0.15, -0.1) is 0 Å². The van der Waals surface area contributed by atoms with Gasteiger partial charge in [0.25, 0.3) is 0 Å². The molecule has 1 fully saturated rings. The Morgan fingerprint density at radius 3 is 2.64 bits per heavy atom. The third-order valence-corrected chi connectivity index (χ3v) is 6.20. The second-order valence-corrected chi connectivity index (χ2v) is 7.93. The molecule has 1 aromatic rings. The summed E-state index contributed by atoms with van der Waals surface area (Å²) in [5.41, 5.74) is 6.71. The molecule has 7 heteroatoms. The molecule has 0 unspecified atom stereocenters. The van der Waals surface area contributed by atoms with Gasteiger partial charge < -0.3 is 15.8 Å². The largest absolute Gasteiger partial charge is 0.495 e. The molecule has 0 heterocycles. The zero-order valence-corrected chi connectivity index (χ0v) is 13.5. The van der Waals surface area contributed by atoms with Gasteiger partial charge in [0.1, 0.15) is 5.75 Å². The second-order valence-electron chi connectivity index (χ2n) is 5.53. The molecule has 2 rings (SSSR count). The lowest BCUT2D eigenvalue weighted by Crippen LogP contribution is -2.24. The number of nitrogen functional groups attached to an aromatic ring is 1. The van der Waals surface area contributed by atoms with E-state index in [9.17, 15) is 13.2 Å². The molecule has 1 aromatic carbocycles. The van der Waals surface area contributed by atoms with E-state index in [0.29, 0.717) is 17.1 Å². The maximum absolute atomic E-state index is 12.1. The number of benzene rings is 1. The fourth-order valence-electron chi connectivity index (χ4n) is 2.68. The monoisotopic (exact) mass is 326 g/mol. The lowest BCUT2D eigenvalue weighted by atomic mass is 10.2. The van der Waals surface area contributed by atoms with Crippen LogP contribution >= 0.6 is 0 Å². The van der Waals surface area contributed by atoms with Crippen LogP contribution < -0.4 is 15.8 Å². The molecule has 0 radical (unpaired) electrons. The van der Waals surface area contributed by atoms with Crippen LogP contribution in [0.5, 0.6) is 5.75 Å². The van der Waals surface area contributed by atoms with Crippen molar-refractivity contribution in [2.24, 2.45) is 0 Å². The summed E-state index contributed by atoms with van der Waals surface area (Å²) < 4.78 is 29.3. The second kappa shape index (κ2) is 7.00. The lowest BCUT2D eigenvalue weighted by molar-refractivity contribution is -0.115. The van der Waals surface area contributed by atoms with Gasteiger partial charge in [-0.05, 0) is 31.0 Å². The Morgan fingerprint density at radius 2 is 2.05 bits per heavy atom. The van der Waals surface area contributed by atoms with Gasteiger partial charge in [-0.25, -0.2) is 8.42 Å². The molecule has 22 heavy (non-hydrogen) atoms. The summed E-state index contributed by atoms with van der Waals surface area (Å²) in [4.78, 5) is 11.9. The Hall–Kier alpha value is -1.76. The van der Waals surface area contributed by atoms with E-state index >= 15 is 0 Å². The first-order valence-corrected chi connectivity index (χ1v) is 9.09. The van der Waals surface area contributed by atoms with E-state index in [4.69, 9.17) is 10.5 Å². The Bertz CT molecular complexity index is 637. The smallest absolute Gasteiger partial charge is 0.225 e. The standard InChI is InChI=1S/C15H22N2O4S/c1-21-14-7-6-11(10-13(14)16)17-15(18)8-9-22(19,20)12-4-2-3-5-12/h6-7,10,12H,2-5,8-9,16H2,1H3,(H,17,18). The Morgan fingerprint density at radius 1 is 1.36 bits per heavy atom. The normalized spacial score (nSPS) is 15.7. The molecule has 1 saturated carbocycles. The molecule has 0 aliphatic heterocycles. The number of carbonyl (C=O) groups excluding carboxylic acids is 1. The summed E-state index contributed by atoms with van der Waals surface area (Å²) in [5, 5.41) is 2.39. The van der Waals surface area contributed by atoms with E-state index in [2.05, 4.69) is 5.32 Å². The first kappa shape index (κ1) is 16.6. The summed E-state index contributed by atoms with van der Waals surface area (Å²) in [6.07, 6.45) is 3.32. The quantitative estimate of drug-likeness (QED) is 0.779. The number of methoxy groups -OCH3 is 1. The van der Waals surface area contributed by atoms with Crippen LogP contribution in [0.3, 0.4) is 0 Å². The average molecular weight is 326 g/mol. The van der Waals surface area contributed by atoms with Crippen LogP contribution in [0.25, 0.3) is 0 Å². The molecule has 1 aliphatic rings. The van der Waals surface area contributed by atoms with Crippen molar-refractivity contribution in [2.75, 3.05) is 23.9 Å². The first-order valence-electron chi connectivity index (χ1n) is 7.37. The molecule has 0 spiro atoms. The van der Waals surface area contributed by atoms with Crippen LogP contribution in [-0.4, -0.2) is 32.4 Å². The van der Waals surface area contributed by atoms with Crippen molar-refractivity contribution in [2.45, 2.75) is 37.4 Å². The zero-order chi connectivity index (χ0) is 16.2. The van der Waals surface area contributed by atoms with Crippen LogP contribution in [0, 0.1) is 0 Å². The highest BCUT2D eigenvalue weighted by Gasteiger charge is 2.28. The Labute approximate surface area is 131 Å². The predicted octanol–water partition coefficient (Wildman–Crippen LogP) is 1.96. The van der Waals surface area contributed by atoms with Gasteiger partial charge in [-0.1, -0.05) is 12.8 Å². The highest BCUT2D eigenvalue weighted by Crippen LogP contribution is 2.26. The molecule has 6 nitrogen and oxygen atoms in total. The fourth-order valence-corrected chi connectivity index (χ4v) is 4.54. The summed E-state index contributed by atoms with van der Waals surface area (Å²) in [6, 6.07) is 4.90. The molecular weight excluding hydrogens is 304 g/mol. The molecule has 1 aliphatic carbocycles. The topological polar surface area (TPSA) is 98.5 Å². The van der Waals surface area contributed by atoms with Crippen LogP contribution in [0.1, 0.15) is 32.1 Å². The van der Waals surface area contributed by atoms with Crippen LogP contribution in [-0.2, 0) is 14.6 Å². The van der Waals surface area contributed by atoms with Crippen LogP contribution in [0.4, 0.5) is 11.4 Å². The molecule has 0 saturated heterocycles. The van der Waals surface area contributed by atoms with Gasteiger partial charge in [0.05, 0.1) is 23.8 Å². The van der Waals surface area contributed by atoms with E-state index in [0.717, 1.165) is 25.7 Å². The van der Waals surface area contributed by atoms with E-state index in [-0.39, 0.29) is 23.3 Å². The van der Waals surface area contributed by atoms with Gasteiger partial charge in [-0.2, -0.15) is 0 Å². The number of ether oxygens (including phenoxy) is 1. The number of nitrogens with one attached hydrogen (secondary N) is 1. The summed E-state index contributed by atoms with van der Waals surface area (Å²) in [6.45, 7) is 0. The first-order chi connectivity index (χ1) is 10.4. The predicted molar refractivity (Wildman–Crippen MR) is 86.7 cm³/mol. The van der Waals surface area contributed by atoms with Gasteiger partial charge >= 0.3 is 0 Å². The van der Waals surface area contributed by atoms with Gasteiger partial charge in [-0.3, -0.25) is 4.79 Å². The van der Waals surface area contributed by atoms with E-state index in [1.807, 2.05) is 0 Å².